The first-order valence-electron chi connectivity index (χ1n) is 7.93. The molecule has 4 nitrogen and oxygen atoms in total. The monoisotopic (exact) mass is 326 g/mol. The van der Waals surface area contributed by atoms with Crippen LogP contribution >= 0.6 is 11.8 Å². The summed E-state index contributed by atoms with van der Waals surface area (Å²) in [6.07, 6.45) is 3.21. The molecule has 0 radical (unpaired) electrons. The molecule has 2 aliphatic rings. The van der Waals surface area contributed by atoms with Crippen LogP contribution in [0.25, 0.3) is 0 Å². The van der Waals surface area contributed by atoms with E-state index in [9.17, 15) is 4.79 Å². The first kappa shape index (κ1) is 14.6. The maximum absolute atomic E-state index is 12.9. The van der Waals surface area contributed by atoms with Crippen molar-refractivity contribution in [3.63, 3.8) is 0 Å². The van der Waals surface area contributed by atoms with Gasteiger partial charge in [0.1, 0.15) is 10.8 Å². The van der Waals surface area contributed by atoms with E-state index in [0.717, 1.165) is 40.7 Å². The molecule has 0 saturated heterocycles. The Morgan fingerprint density at radius 3 is 3.17 bits per heavy atom. The minimum atomic E-state index is 0.182. The Kier molecular flexibility index (Phi) is 3.95. The lowest BCUT2D eigenvalue weighted by Gasteiger charge is -2.31. The number of aromatic nitrogens is 1. The molecule has 1 aromatic carbocycles. The summed E-state index contributed by atoms with van der Waals surface area (Å²) in [5.74, 6) is 2.25. The number of rotatable bonds is 2. The largest absolute Gasteiger partial charge is 0.493 e. The summed E-state index contributed by atoms with van der Waals surface area (Å²) in [4.78, 5) is 19.2. The Morgan fingerprint density at radius 2 is 2.22 bits per heavy atom. The zero-order chi connectivity index (χ0) is 15.6. The molecule has 0 spiro atoms. The maximum Gasteiger partial charge on any atom is 0.227 e. The number of benzene rings is 1. The van der Waals surface area contributed by atoms with Gasteiger partial charge in [0, 0.05) is 24.9 Å². The predicted molar refractivity (Wildman–Crippen MR) is 91.2 cm³/mol. The Labute approximate surface area is 139 Å². The van der Waals surface area contributed by atoms with Crippen molar-refractivity contribution in [3.05, 3.63) is 48.2 Å². The molecule has 1 aromatic heterocycles. The van der Waals surface area contributed by atoms with E-state index in [1.165, 1.54) is 0 Å². The minimum absolute atomic E-state index is 0.182. The highest BCUT2D eigenvalue weighted by molar-refractivity contribution is 7.99. The van der Waals surface area contributed by atoms with Gasteiger partial charge in [-0.2, -0.15) is 0 Å². The van der Waals surface area contributed by atoms with E-state index in [2.05, 4.69) is 11.1 Å². The van der Waals surface area contributed by atoms with E-state index in [1.54, 1.807) is 18.0 Å². The van der Waals surface area contributed by atoms with Gasteiger partial charge in [-0.3, -0.25) is 4.79 Å². The third-order valence-corrected chi connectivity index (χ3v) is 5.38. The zero-order valence-corrected chi connectivity index (χ0v) is 13.6. The molecule has 1 atom stereocenters. The molecule has 4 rings (SSSR count). The molecular formula is C18H18N2O2S. The fourth-order valence-corrected chi connectivity index (χ4v) is 4.19. The highest BCUT2D eigenvalue weighted by Gasteiger charge is 2.28. The summed E-state index contributed by atoms with van der Waals surface area (Å²) < 4.78 is 5.70. The summed E-state index contributed by atoms with van der Waals surface area (Å²) in [6, 6.07) is 11.9. The molecule has 118 valence electrons. The first-order valence-corrected chi connectivity index (χ1v) is 8.91. The highest BCUT2D eigenvalue weighted by atomic mass is 32.2. The van der Waals surface area contributed by atoms with Gasteiger partial charge >= 0.3 is 0 Å². The molecular weight excluding hydrogens is 308 g/mol. The van der Waals surface area contributed by atoms with Crippen molar-refractivity contribution in [1.82, 2.24) is 4.98 Å². The minimum Gasteiger partial charge on any atom is -0.493 e. The van der Waals surface area contributed by atoms with Crippen molar-refractivity contribution in [3.8, 4) is 5.75 Å². The average Bonchev–Trinajstić information content (AvgIpc) is 2.61. The molecule has 0 aliphatic carbocycles. The normalized spacial score (nSPS) is 19.5. The van der Waals surface area contributed by atoms with Crippen molar-refractivity contribution in [2.75, 3.05) is 23.8 Å². The number of ether oxygens (including phenoxy) is 1. The molecule has 2 aromatic rings. The number of fused-ring (bicyclic) bond motifs is 2. The molecule has 0 bridgehead atoms. The van der Waals surface area contributed by atoms with E-state index in [1.807, 2.05) is 35.2 Å². The van der Waals surface area contributed by atoms with E-state index in [4.69, 9.17) is 4.74 Å². The van der Waals surface area contributed by atoms with Crippen molar-refractivity contribution in [1.29, 1.82) is 0 Å². The Bertz CT molecular complexity index is 734. The predicted octanol–water partition coefficient (Wildman–Crippen LogP) is 3.48. The average molecular weight is 326 g/mol. The molecule has 0 saturated carbocycles. The topological polar surface area (TPSA) is 42.4 Å². The quantitative estimate of drug-likeness (QED) is 0.847. The van der Waals surface area contributed by atoms with Gasteiger partial charge in [0.05, 0.1) is 12.3 Å². The summed E-state index contributed by atoms with van der Waals surface area (Å²) in [5.41, 5.74) is 2.11. The van der Waals surface area contributed by atoms with Gasteiger partial charge in [0.15, 0.2) is 0 Å². The van der Waals surface area contributed by atoms with Gasteiger partial charge < -0.3 is 9.64 Å². The highest BCUT2D eigenvalue weighted by Crippen LogP contribution is 2.38. The third-order valence-electron chi connectivity index (χ3n) is 4.40. The fourth-order valence-electron chi connectivity index (χ4n) is 3.26. The number of para-hydroxylation sites is 1. The second-order valence-electron chi connectivity index (χ2n) is 5.80. The van der Waals surface area contributed by atoms with E-state index >= 15 is 0 Å². The Morgan fingerprint density at radius 1 is 1.30 bits per heavy atom. The number of carbonyl (C=O) groups excluding carboxylic acids is 1. The fraction of sp³-hybridized carbons (Fsp3) is 0.333. The molecule has 1 amide bonds. The Hall–Kier alpha value is -2.01. The summed E-state index contributed by atoms with van der Waals surface area (Å²) in [5, 5.41) is 0.958. The summed E-state index contributed by atoms with van der Waals surface area (Å²) in [6.45, 7) is 1.44. The number of nitrogens with zero attached hydrogens (tertiary/aromatic N) is 2. The van der Waals surface area contributed by atoms with Crippen molar-refractivity contribution in [2.45, 2.75) is 23.8 Å². The van der Waals surface area contributed by atoms with E-state index < -0.39 is 0 Å². The molecule has 3 heterocycles. The number of carbonyl (C=O) groups is 1. The van der Waals surface area contributed by atoms with Crippen LogP contribution in [0.5, 0.6) is 5.75 Å². The molecule has 0 N–H and O–H groups in total. The smallest absolute Gasteiger partial charge is 0.227 e. The summed E-state index contributed by atoms with van der Waals surface area (Å²) >= 11 is 1.72. The zero-order valence-electron chi connectivity index (χ0n) is 12.8. The molecule has 0 unspecified atom stereocenters. The standard InChI is InChI=1S/C18H18N2O2S/c21-17(20-9-11-23-18-15(20)5-3-8-19-18)12-13-7-10-22-16-6-2-1-4-14(13)16/h1-6,8,13H,7,9-12H2/t13-/m0/s1. The van der Waals surface area contributed by atoms with Gasteiger partial charge in [0.2, 0.25) is 5.91 Å². The van der Waals surface area contributed by atoms with Crippen molar-refractivity contribution >= 4 is 23.4 Å². The van der Waals surface area contributed by atoms with Crippen LogP contribution in [0.2, 0.25) is 0 Å². The first-order chi connectivity index (χ1) is 11.3. The Balaban J connectivity index is 1.56. The number of anilines is 1. The van der Waals surface area contributed by atoms with Crippen LogP contribution in [0.15, 0.2) is 47.6 Å². The van der Waals surface area contributed by atoms with Crippen molar-refractivity contribution < 1.29 is 9.53 Å². The van der Waals surface area contributed by atoms with Gasteiger partial charge in [-0.25, -0.2) is 4.98 Å². The van der Waals surface area contributed by atoms with Crippen LogP contribution < -0.4 is 9.64 Å². The van der Waals surface area contributed by atoms with Crippen LogP contribution in [0.4, 0.5) is 5.69 Å². The molecule has 0 fully saturated rings. The van der Waals surface area contributed by atoms with Crippen LogP contribution in [-0.2, 0) is 4.79 Å². The molecule has 23 heavy (non-hydrogen) atoms. The van der Waals surface area contributed by atoms with Crippen LogP contribution in [0.1, 0.15) is 24.3 Å². The van der Waals surface area contributed by atoms with Gasteiger partial charge in [-0.1, -0.05) is 18.2 Å². The van der Waals surface area contributed by atoms with Crippen LogP contribution in [0.3, 0.4) is 0 Å². The maximum atomic E-state index is 12.9. The van der Waals surface area contributed by atoms with Crippen LogP contribution in [-0.4, -0.2) is 29.8 Å². The number of hydrogen-bond acceptors (Lipinski definition) is 4. The SMILES string of the molecule is O=C(C[C@@H]1CCOc2ccccc21)N1CCSc2ncccc21. The third kappa shape index (κ3) is 2.81. The molecule has 5 heteroatoms. The lowest BCUT2D eigenvalue weighted by molar-refractivity contribution is -0.119. The second-order valence-corrected chi connectivity index (χ2v) is 6.88. The van der Waals surface area contributed by atoms with E-state index in [-0.39, 0.29) is 11.8 Å². The summed E-state index contributed by atoms with van der Waals surface area (Å²) in [7, 11) is 0. The van der Waals surface area contributed by atoms with Gasteiger partial charge in [0.25, 0.3) is 0 Å². The second kappa shape index (κ2) is 6.24. The van der Waals surface area contributed by atoms with Crippen molar-refractivity contribution in [2.24, 2.45) is 0 Å². The van der Waals surface area contributed by atoms with E-state index in [0.29, 0.717) is 13.0 Å². The lowest BCUT2D eigenvalue weighted by Crippen LogP contribution is -2.36. The number of pyridine rings is 1. The number of amides is 1. The lowest BCUT2D eigenvalue weighted by atomic mass is 9.90. The number of thioether (sulfide) groups is 1. The van der Waals surface area contributed by atoms with Gasteiger partial charge in [-0.15, -0.1) is 11.8 Å². The number of hydrogen-bond donors (Lipinski definition) is 0. The van der Waals surface area contributed by atoms with Gasteiger partial charge in [-0.05, 0) is 36.1 Å². The van der Waals surface area contributed by atoms with Crippen LogP contribution in [0, 0.1) is 0 Å². The molecule has 2 aliphatic heterocycles.